The molecule has 3 rings (SSSR count). The Balaban J connectivity index is 1.49. The molecule has 0 aromatic heterocycles. The highest BCUT2D eigenvalue weighted by Crippen LogP contribution is 2.32. The Labute approximate surface area is 134 Å². The number of aliphatic hydroxyl groups excluding tert-OH is 1. The summed E-state index contributed by atoms with van der Waals surface area (Å²) in [5.41, 5.74) is 2.45. The van der Waals surface area contributed by atoms with Gasteiger partial charge in [-0.15, -0.1) is 0 Å². The van der Waals surface area contributed by atoms with Gasteiger partial charge in [0.05, 0.1) is 12.7 Å². The Morgan fingerprint density at radius 2 is 2.14 bits per heavy atom. The van der Waals surface area contributed by atoms with Crippen molar-refractivity contribution in [3.8, 4) is 5.75 Å². The third-order valence-corrected chi connectivity index (χ3v) is 4.65. The number of likely N-dealkylation sites (tertiary alicyclic amines) is 1. The molecule has 1 atom stereocenters. The van der Waals surface area contributed by atoms with Crippen molar-refractivity contribution in [2.24, 2.45) is 0 Å². The largest absolute Gasteiger partial charge is 0.493 e. The summed E-state index contributed by atoms with van der Waals surface area (Å²) in [6, 6.07) is 4.23. The summed E-state index contributed by atoms with van der Waals surface area (Å²) < 4.78 is 6.82. The number of rotatable bonds is 6. The molecule has 0 spiro atoms. The van der Waals surface area contributed by atoms with E-state index in [4.69, 9.17) is 4.74 Å². The number of ether oxygens (including phenoxy) is 1. The molecular weight excluding hydrogens is 332 g/mol. The Bertz CT molecular complexity index is 489. The van der Waals surface area contributed by atoms with Crippen LogP contribution in [-0.2, 0) is 13.0 Å². The fourth-order valence-electron chi connectivity index (χ4n) is 3.18. The minimum atomic E-state index is -0.302. The maximum atomic E-state index is 10.1. The molecular formula is C16H23BrN2O2. The second-order valence-electron chi connectivity index (χ2n) is 5.94. The van der Waals surface area contributed by atoms with Crippen molar-refractivity contribution in [1.29, 1.82) is 0 Å². The van der Waals surface area contributed by atoms with Crippen molar-refractivity contribution in [1.82, 2.24) is 10.2 Å². The molecule has 4 nitrogen and oxygen atoms in total. The lowest BCUT2D eigenvalue weighted by molar-refractivity contribution is 0.123. The van der Waals surface area contributed by atoms with E-state index in [1.165, 1.54) is 24.0 Å². The summed E-state index contributed by atoms with van der Waals surface area (Å²) in [6.45, 7) is 5.17. The fourth-order valence-corrected chi connectivity index (χ4v) is 3.73. The quantitative estimate of drug-likeness (QED) is 0.819. The average molecular weight is 355 g/mol. The first kappa shape index (κ1) is 15.3. The van der Waals surface area contributed by atoms with Gasteiger partial charge in [0.1, 0.15) is 5.75 Å². The zero-order valence-electron chi connectivity index (χ0n) is 12.3. The lowest BCUT2D eigenvalue weighted by atomic mass is 10.1. The number of β-amino-alcohol motifs (C(OH)–C–C–N with tert-alkyl or cyclic N) is 1. The molecule has 1 aromatic rings. The SMILES string of the molecule is OC(CNCc1cc(Br)cc2c1OCC2)CN1CCCC1. The third kappa shape index (κ3) is 3.97. The summed E-state index contributed by atoms with van der Waals surface area (Å²) in [5.74, 6) is 1.03. The van der Waals surface area contributed by atoms with Gasteiger partial charge in [0.25, 0.3) is 0 Å². The smallest absolute Gasteiger partial charge is 0.127 e. The molecule has 1 unspecified atom stereocenters. The number of nitrogens with one attached hydrogen (secondary N) is 1. The summed E-state index contributed by atoms with van der Waals surface area (Å²) in [5, 5.41) is 13.4. The standard InChI is InChI=1S/C16H23BrN2O2/c17-14-7-12-3-6-21-16(12)13(8-14)9-18-10-15(20)11-19-4-1-2-5-19/h7-8,15,18,20H,1-6,9-11H2. The average Bonchev–Trinajstić information content (AvgIpc) is 3.09. The molecule has 5 heteroatoms. The normalized spacial score (nSPS) is 19.5. The summed E-state index contributed by atoms with van der Waals surface area (Å²) in [6.07, 6.45) is 3.21. The zero-order valence-corrected chi connectivity index (χ0v) is 13.9. The number of halogens is 1. The van der Waals surface area contributed by atoms with Crippen molar-refractivity contribution < 1.29 is 9.84 Å². The van der Waals surface area contributed by atoms with E-state index in [1.807, 2.05) is 0 Å². The monoisotopic (exact) mass is 354 g/mol. The highest BCUT2D eigenvalue weighted by Gasteiger charge is 2.18. The molecule has 2 aliphatic rings. The van der Waals surface area contributed by atoms with E-state index in [0.717, 1.165) is 49.4 Å². The second-order valence-corrected chi connectivity index (χ2v) is 6.86. The van der Waals surface area contributed by atoms with Crippen LogP contribution < -0.4 is 10.1 Å². The lowest BCUT2D eigenvalue weighted by Crippen LogP contribution is -2.36. The van der Waals surface area contributed by atoms with Crippen LogP contribution in [0, 0.1) is 0 Å². The van der Waals surface area contributed by atoms with E-state index < -0.39 is 0 Å². The second kappa shape index (κ2) is 7.09. The number of aliphatic hydroxyl groups is 1. The molecule has 0 amide bonds. The van der Waals surface area contributed by atoms with Crippen LogP contribution in [0.3, 0.4) is 0 Å². The Morgan fingerprint density at radius 1 is 1.33 bits per heavy atom. The van der Waals surface area contributed by atoms with Crippen LogP contribution in [0.2, 0.25) is 0 Å². The third-order valence-electron chi connectivity index (χ3n) is 4.19. The first-order valence-corrected chi connectivity index (χ1v) is 8.57. The van der Waals surface area contributed by atoms with Gasteiger partial charge in [-0.25, -0.2) is 0 Å². The van der Waals surface area contributed by atoms with Gasteiger partial charge < -0.3 is 20.1 Å². The highest BCUT2D eigenvalue weighted by atomic mass is 79.9. The van der Waals surface area contributed by atoms with Gasteiger partial charge in [0.15, 0.2) is 0 Å². The predicted molar refractivity (Wildman–Crippen MR) is 86.7 cm³/mol. The molecule has 116 valence electrons. The van der Waals surface area contributed by atoms with Crippen molar-refractivity contribution in [2.45, 2.75) is 31.9 Å². The van der Waals surface area contributed by atoms with Crippen LogP contribution in [0.15, 0.2) is 16.6 Å². The van der Waals surface area contributed by atoms with Crippen molar-refractivity contribution in [3.63, 3.8) is 0 Å². The minimum Gasteiger partial charge on any atom is -0.493 e. The number of hydrogen-bond acceptors (Lipinski definition) is 4. The van der Waals surface area contributed by atoms with Gasteiger partial charge in [-0.05, 0) is 43.6 Å². The van der Waals surface area contributed by atoms with Gasteiger partial charge in [-0.2, -0.15) is 0 Å². The van der Waals surface area contributed by atoms with Crippen molar-refractivity contribution in [2.75, 3.05) is 32.8 Å². The molecule has 0 aliphatic carbocycles. The fraction of sp³-hybridized carbons (Fsp3) is 0.625. The van der Waals surface area contributed by atoms with Crippen molar-refractivity contribution in [3.05, 3.63) is 27.7 Å². The maximum absolute atomic E-state index is 10.1. The molecule has 0 bridgehead atoms. The van der Waals surface area contributed by atoms with Crippen LogP contribution in [0.4, 0.5) is 0 Å². The van der Waals surface area contributed by atoms with E-state index in [9.17, 15) is 5.11 Å². The molecule has 1 aromatic carbocycles. The lowest BCUT2D eigenvalue weighted by Gasteiger charge is -2.20. The van der Waals surface area contributed by atoms with E-state index in [1.54, 1.807) is 0 Å². The predicted octanol–water partition coefficient (Wildman–Crippen LogP) is 1.93. The Hall–Kier alpha value is -0.620. The number of hydrogen-bond donors (Lipinski definition) is 2. The van der Waals surface area contributed by atoms with Crippen molar-refractivity contribution >= 4 is 15.9 Å². The van der Waals surface area contributed by atoms with Gasteiger partial charge in [0, 0.05) is 36.1 Å². The van der Waals surface area contributed by atoms with Gasteiger partial charge >= 0.3 is 0 Å². The zero-order chi connectivity index (χ0) is 14.7. The van der Waals surface area contributed by atoms with Crippen LogP contribution in [-0.4, -0.2) is 48.9 Å². The minimum absolute atomic E-state index is 0.302. The van der Waals surface area contributed by atoms with Crippen LogP contribution >= 0.6 is 15.9 Å². The first-order valence-electron chi connectivity index (χ1n) is 7.77. The van der Waals surface area contributed by atoms with E-state index in [0.29, 0.717) is 6.54 Å². The Morgan fingerprint density at radius 3 is 2.95 bits per heavy atom. The molecule has 1 fully saturated rings. The molecule has 1 saturated heterocycles. The van der Waals surface area contributed by atoms with E-state index in [2.05, 4.69) is 38.3 Å². The van der Waals surface area contributed by atoms with Gasteiger partial charge in [0.2, 0.25) is 0 Å². The topological polar surface area (TPSA) is 44.7 Å². The molecule has 0 saturated carbocycles. The maximum Gasteiger partial charge on any atom is 0.127 e. The number of nitrogens with zero attached hydrogens (tertiary/aromatic N) is 1. The van der Waals surface area contributed by atoms with Gasteiger partial charge in [-0.3, -0.25) is 0 Å². The van der Waals surface area contributed by atoms with E-state index in [-0.39, 0.29) is 6.10 Å². The molecule has 2 aliphatic heterocycles. The van der Waals surface area contributed by atoms with Crippen LogP contribution in [0.5, 0.6) is 5.75 Å². The van der Waals surface area contributed by atoms with Crippen LogP contribution in [0.1, 0.15) is 24.0 Å². The van der Waals surface area contributed by atoms with E-state index >= 15 is 0 Å². The van der Waals surface area contributed by atoms with Gasteiger partial charge in [-0.1, -0.05) is 15.9 Å². The summed E-state index contributed by atoms with van der Waals surface area (Å²) in [7, 11) is 0. The molecule has 0 radical (unpaired) electrons. The summed E-state index contributed by atoms with van der Waals surface area (Å²) in [4.78, 5) is 2.34. The summed E-state index contributed by atoms with van der Waals surface area (Å²) >= 11 is 3.56. The highest BCUT2D eigenvalue weighted by molar-refractivity contribution is 9.10. The number of fused-ring (bicyclic) bond motifs is 1. The van der Waals surface area contributed by atoms with Crippen LogP contribution in [0.25, 0.3) is 0 Å². The number of benzene rings is 1. The Kier molecular flexibility index (Phi) is 5.16. The molecule has 21 heavy (non-hydrogen) atoms. The molecule has 2 N–H and O–H groups in total. The first-order chi connectivity index (χ1) is 10.2. The molecule has 2 heterocycles.